The molecule has 0 saturated carbocycles. The first-order valence-corrected chi connectivity index (χ1v) is 5.44. The first-order valence-electron chi connectivity index (χ1n) is 4.91. The van der Waals surface area contributed by atoms with E-state index in [1.54, 1.807) is 7.11 Å². The van der Waals surface area contributed by atoms with Crippen molar-refractivity contribution in [1.82, 2.24) is 5.32 Å². The Morgan fingerprint density at radius 2 is 1.92 bits per heavy atom. The topological polar surface area (TPSA) is 21.3 Å². The zero-order chi connectivity index (χ0) is 10.3. The maximum Gasteiger partial charge on any atom is 0.0613 e. The van der Waals surface area contributed by atoms with Gasteiger partial charge in [0.2, 0.25) is 0 Å². The minimum absolute atomic E-state index is 0.382. The van der Waals surface area contributed by atoms with Crippen molar-refractivity contribution in [1.29, 1.82) is 0 Å². The van der Waals surface area contributed by atoms with Gasteiger partial charge in [-0.25, -0.2) is 0 Å². The molecule has 0 aliphatic carbocycles. The number of hydrogen-bond donors (Lipinski definition) is 1. The summed E-state index contributed by atoms with van der Waals surface area (Å²) in [6.07, 6.45) is 1.12. The van der Waals surface area contributed by atoms with Crippen molar-refractivity contribution in [3.63, 3.8) is 0 Å². The number of methoxy groups -OCH3 is 1. The Morgan fingerprint density at radius 1 is 1.31 bits per heavy atom. The molecule has 0 fully saturated rings. The fraction of sp³-hybridized carbons (Fsp3) is 1.00. The van der Waals surface area contributed by atoms with Gasteiger partial charge in [-0.05, 0) is 19.3 Å². The van der Waals surface area contributed by atoms with Crippen molar-refractivity contribution in [2.75, 3.05) is 19.6 Å². The maximum atomic E-state index is 5.85. The molecule has 0 rings (SSSR count). The summed E-state index contributed by atoms with van der Waals surface area (Å²) in [6, 6.07) is 0.791. The molecule has 1 N–H and O–H groups in total. The summed E-state index contributed by atoms with van der Waals surface area (Å²) in [5.74, 6) is 1.36. The fourth-order valence-corrected chi connectivity index (χ4v) is 1.66. The van der Waals surface area contributed by atoms with E-state index in [1.807, 2.05) is 0 Å². The van der Waals surface area contributed by atoms with Crippen LogP contribution >= 0.6 is 11.6 Å². The second-order valence-electron chi connectivity index (χ2n) is 4.00. The predicted molar refractivity (Wildman–Crippen MR) is 58.4 cm³/mol. The molecule has 0 bridgehead atoms. The molecule has 0 heterocycles. The zero-order valence-corrected chi connectivity index (χ0v) is 9.90. The molecule has 0 aliphatic heterocycles. The standard InChI is InChI=1S/C10H22ClNO/c1-8(2)5-10(6-11)12-9(3)7-13-4/h8-10,12H,5-7H2,1-4H3. The van der Waals surface area contributed by atoms with Crippen LogP contribution in [0.1, 0.15) is 27.2 Å². The van der Waals surface area contributed by atoms with E-state index in [0.717, 1.165) is 13.0 Å². The summed E-state index contributed by atoms with van der Waals surface area (Å²) in [5.41, 5.74) is 0. The quantitative estimate of drug-likeness (QED) is 0.647. The van der Waals surface area contributed by atoms with Gasteiger partial charge in [0, 0.05) is 25.1 Å². The van der Waals surface area contributed by atoms with Crippen LogP contribution in [0.2, 0.25) is 0 Å². The maximum absolute atomic E-state index is 5.85. The summed E-state index contributed by atoms with van der Waals surface area (Å²) in [7, 11) is 1.72. The van der Waals surface area contributed by atoms with Crippen LogP contribution in [0, 0.1) is 5.92 Å². The molecule has 0 amide bonds. The smallest absolute Gasteiger partial charge is 0.0613 e. The van der Waals surface area contributed by atoms with Crippen molar-refractivity contribution in [2.24, 2.45) is 5.92 Å². The normalized spacial score (nSPS) is 16.2. The SMILES string of the molecule is COCC(C)NC(CCl)CC(C)C. The van der Waals surface area contributed by atoms with Crippen molar-refractivity contribution in [3.05, 3.63) is 0 Å². The van der Waals surface area contributed by atoms with E-state index in [9.17, 15) is 0 Å². The van der Waals surface area contributed by atoms with Gasteiger partial charge in [-0.15, -0.1) is 11.6 Å². The summed E-state index contributed by atoms with van der Waals surface area (Å²) in [5, 5.41) is 3.44. The largest absolute Gasteiger partial charge is 0.383 e. The molecular formula is C10H22ClNO. The molecule has 0 aliphatic rings. The van der Waals surface area contributed by atoms with Crippen LogP contribution in [0.3, 0.4) is 0 Å². The lowest BCUT2D eigenvalue weighted by Gasteiger charge is -2.22. The number of halogens is 1. The summed E-state index contributed by atoms with van der Waals surface area (Å²) in [6.45, 7) is 7.28. The monoisotopic (exact) mass is 207 g/mol. The molecule has 0 aromatic rings. The molecule has 13 heavy (non-hydrogen) atoms. The predicted octanol–water partition coefficient (Wildman–Crippen LogP) is 2.26. The second-order valence-corrected chi connectivity index (χ2v) is 4.31. The van der Waals surface area contributed by atoms with E-state index >= 15 is 0 Å². The third kappa shape index (κ3) is 7.29. The van der Waals surface area contributed by atoms with Crippen LogP contribution in [-0.4, -0.2) is 31.7 Å². The Hall–Kier alpha value is 0.210. The van der Waals surface area contributed by atoms with E-state index in [0.29, 0.717) is 23.9 Å². The summed E-state index contributed by atoms with van der Waals surface area (Å²) < 4.78 is 5.05. The van der Waals surface area contributed by atoms with Gasteiger partial charge in [0.1, 0.15) is 0 Å². The number of ether oxygens (including phenoxy) is 1. The average Bonchev–Trinajstić information content (AvgIpc) is 2.02. The second kappa shape index (κ2) is 7.60. The molecule has 2 atom stereocenters. The lowest BCUT2D eigenvalue weighted by molar-refractivity contribution is 0.166. The molecule has 0 radical (unpaired) electrons. The number of alkyl halides is 1. The summed E-state index contributed by atoms with van der Waals surface area (Å²) in [4.78, 5) is 0. The zero-order valence-electron chi connectivity index (χ0n) is 9.14. The first-order chi connectivity index (χ1) is 6.10. The minimum Gasteiger partial charge on any atom is -0.383 e. The molecule has 0 aromatic heterocycles. The van der Waals surface area contributed by atoms with E-state index in [2.05, 4.69) is 26.1 Å². The lowest BCUT2D eigenvalue weighted by Crippen LogP contribution is -2.40. The van der Waals surface area contributed by atoms with Gasteiger partial charge in [-0.2, -0.15) is 0 Å². The Morgan fingerprint density at radius 3 is 2.31 bits per heavy atom. The minimum atomic E-state index is 0.382. The molecule has 0 aromatic carbocycles. The molecular weight excluding hydrogens is 186 g/mol. The van der Waals surface area contributed by atoms with Gasteiger partial charge in [-0.3, -0.25) is 0 Å². The van der Waals surface area contributed by atoms with Crippen molar-refractivity contribution < 1.29 is 4.74 Å². The molecule has 2 unspecified atom stereocenters. The van der Waals surface area contributed by atoms with E-state index in [4.69, 9.17) is 16.3 Å². The van der Waals surface area contributed by atoms with Crippen LogP contribution in [-0.2, 0) is 4.74 Å². The number of hydrogen-bond acceptors (Lipinski definition) is 2. The van der Waals surface area contributed by atoms with Gasteiger partial charge in [0.05, 0.1) is 6.61 Å². The average molecular weight is 208 g/mol. The van der Waals surface area contributed by atoms with Crippen LogP contribution in [0.15, 0.2) is 0 Å². The van der Waals surface area contributed by atoms with Crippen molar-refractivity contribution in [2.45, 2.75) is 39.3 Å². The first kappa shape index (κ1) is 13.2. The highest BCUT2D eigenvalue weighted by Crippen LogP contribution is 2.06. The number of rotatable bonds is 7. The molecule has 3 heteroatoms. The summed E-state index contributed by atoms with van der Waals surface area (Å²) >= 11 is 5.85. The van der Waals surface area contributed by atoms with Crippen molar-refractivity contribution in [3.8, 4) is 0 Å². The number of nitrogens with one attached hydrogen (secondary N) is 1. The van der Waals surface area contributed by atoms with Gasteiger partial charge < -0.3 is 10.1 Å². The highest BCUT2D eigenvalue weighted by Gasteiger charge is 2.12. The van der Waals surface area contributed by atoms with Gasteiger partial charge in [0.15, 0.2) is 0 Å². The van der Waals surface area contributed by atoms with E-state index in [-0.39, 0.29) is 0 Å². The van der Waals surface area contributed by atoms with Crippen LogP contribution in [0.4, 0.5) is 0 Å². The van der Waals surface area contributed by atoms with Gasteiger partial charge >= 0.3 is 0 Å². The van der Waals surface area contributed by atoms with Crippen LogP contribution in [0.5, 0.6) is 0 Å². The molecule has 0 spiro atoms. The molecule has 80 valence electrons. The Kier molecular flexibility index (Phi) is 7.72. The fourth-order valence-electron chi connectivity index (χ4n) is 1.45. The van der Waals surface area contributed by atoms with Crippen LogP contribution in [0.25, 0.3) is 0 Å². The van der Waals surface area contributed by atoms with Gasteiger partial charge in [-0.1, -0.05) is 13.8 Å². The van der Waals surface area contributed by atoms with E-state index in [1.165, 1.54) is 0 Å². The lowest BCUT2D eigenvalue weighted by atomic mass is 10.0. The molecule has 2 nitrogen and oxygen atoms in total. The third-order valence-corrected chi connectivity index (χ3v) is 2.25. The molecule has 0 saturated heterocycles. The Balaban J connectivity index is 3.69. The van der Waals surface area contributed by atoms with Crippen molar-refractivity contribution >= 4 is 11.6 Å². The highest BCUT2D eigenvalue weighted by atomic mass is 35.5. The van der Waals surface area contributed by atoms with E-state index < -0.39 is 0 Å². The Bertz CT molecular complexity index is 119. The van der Waals surface area contributed by atoms with Gasteiger partial charge in [0.25, 0.3) is 0 Å². The highest BCUT2D eigenvalue weighted by molar-refractivity contribution is 6.18. The Labute approximate surface area is 87.0 Å². The van der Waals surface area contributed by atoms with Crippen LogP contribution < -0.4 is 5.32 Å². The third-order valence-electron chi connectivity index (χ3n) is 1.88.